The molecule has 1 aromatic rings. The van der Waals surface area contributed by atoms with Crippen molar-refractivity contribution < 1.29 is 0 Å². The molecular formula is C13H23N3S. The van der Waals surface area contributed by atoms with Crippen molar-refractivity contribution in [1.82, 2.24) is 9.88 Å². The Morgan fingerprint density at radius 3 is 2.47 bits per heavy atom. The highest BCUT2D eigenvalue weighted by Gasteiger charge is 2.19. The molecule has 1 aromatic heterocycles. The van der Waals surface area contributed by atoms with Gasteiger partial charge in [0.2, 0.25) is 0 Å². The van der Waals surface area contributed by atoms with E-state index < -0.39 is 0 Å². The van der Waals surface area contributed by atoms with Crippen LogP contribution in [-0.4, -0.2) is 23.0 Å². The maximum absolute atomic E-state index is 6.06. The van der Waals surface area contributed by atoms with Crippen LogP contribution in [0.5, 0.6) is 0 Å². The Morgan fingerprint density at radius 1 is 1.29 bits per heavy atom. The van der Waals surface area contributed by atoms with Gasteiger partial charge in [0.05, 0.1) is 17.8 Å². The monoisotopic (exact) mass is 253 g/mol. The van der Waals surface area contributed by atoms with Crippen molar-refractivity contribution in [3.8, 4) is 0 Å². The minimum absolute atomic E-state index is 0.312. The summed E-state index contributed by atoms with van der Waals surface area (Å²) in [5.74, 6) is 0. The minimum Gasteiger partial charge on any atom is -0.321 e. The van der Waals surface area contributed by atoms with Crippen LogP contribution in [0.25, 0.3) is 0 Å². The molecule has 0 bridgehead atoms. The first-order valence-electron chi connectivity index (χ1n) is 6.52. The molecule has 2 rings (SSSR count). The number of hydrogen-bond donors (Lipinski definition) is 1. The fourth-order valence-corrected chi connectivity index (χ4v) is 3.18. The summed E-state index contributed by atoms with van der Waals surface area (Å²) in [4.78, 5) is 7.18. The van der Waals surface area contributed by atoms with Crippen molar-refractivity contribution in [2.75, 3.05) is 13.1 Å². The van der Waals surface area contributed by atoms with Crippen molar-refractivity contribution in [3.63, 3.8) is 0 Å². The zero-order valence-corrected chi connectivity index (χ0v) is 11.7. The highest BCUT2D eigenvalue weighted by molar-refractivity contribution is 7.09. The fourth-order valence-electron chi connectivity index (χ4n) is 2.17. The van der Waals surface area contributed by atoms with Gasteiger partial charge < -0.3 is 5.73 Å². The van der Waals surface area contributed by atoms with Gasteiger partial charge in [-0.3, -0.25) is 4.90 Å². The van der Waals surface area contributed by atoms with Crippen molar-refractivity contribution in [1.29, 1.82) is 0 Å². The number of nitrogens with zero attached hydrogens (tertiary/aromatic N) is 2. The molecule has 0 spiro atoms. The Bertz CT molecular complexity index is 346. The van der Waals surface area contributed by atoms with E-state index in [0.29, 0.717) is 0 Å². The standard InChI is InChI=1S/C13H23N3S/c1-13(2,14)11-10-17-12(15-11)9-16-7-5-3-4-6-8-16/h10H,3-9,14H2,1-2H3. The molecule has 1 aliphatic rings. The second-order valence-corrected chi connectivity index (χ2v) is 6.48. The number of hydrogen-bond acceptors (Lipinski definition) is 4. The van der Waals surface area contributed by atoms with Crippen molar-refractivity contribution in [2.45, 2.75) is 51.6 Å². The van der Waals surface area contributed by atoms with Gasteiger partial charge in [0.25, 0.3) is 0 Å². The molecule has 17 heavy (non-hydrogen) atoms. The lowest BCUT2D eigenvalue weighted by Gasteiger charge is -2.18. The number of nitrogens with two attached hydrogens (primary N) is 1. The van der Waals surface area contributed by atoms with Crippen molar-refractivity contribution >= 4 is 11.3 Å². The van der Waals surface area contributed by atoms with Crippen LogP contribution in [0.4, 0.5) is 0 Å². The number of aromatic nitrogens is 1. The van der Waals surface area contributed by atoms with Gasteiger partial charge in [-0.25, -0.2) is 4.98 Å². The molecule has 0 radical (unpaired) electrons. The molecule has 0 saturated carbocycles. The van der Waals surface area contributed by atoms with E-state index in [2.05, 4.69) is 15.3 Å². The molecule has 0 atom stereocenters. The molecule has 1 saturated heterocycles. The fraction of sp³-hybridized carbons (Fsp3) is 0.769. The SMILES string of the molecule is CC(C)(N)c1csc(CN2CCCCCC2)n1. The van der Waals surface area contributed by atoms with Gasteiger partial charge in [0.15, 0.2) is 0 Å². The molecule has 0 aliphatic carbocycles. The average Bonchev–Trinajstić information content (AvgIpc) is 2.56. The Morgan fingerprint density at radius 2 is 1.94 bits per heavy atom. The molecule has 96 valence electrons. The molecule has 1 aliphatic heterocycles. The van der Waals surface area contributed by atoms with E-state index in [1.165, 1.54) is 43.8 Å². The molecule has 2 N–H and O–H groups in total. The third-order valence-corrected chi connectivity index (χ3v) is 4.10. The zero-order chi connectivity index (χ0) is 12.3. The summed E-state index contributed by atoms with van der Waals surface area (Å²) in [5.41, 5.74) is 6.77. The van der Waals surface area contributed by atoms with E-state index in [9.17, 15) is 0 Å². The highest BCUT2D eigenvalue weighted by Crippen LogP contribution is 2.21. The first-order valence-corrected chi connectivity index (χ1v) is 7.40. The minimum atomic E-state index is -0.312. The summed E-state index contributed by atoms with van der Waals surface area (Å²) in [7, 11) is 0. The molecule has 2 heterocycles. The Labute approximate surface area is 108 Å². The lowest BCUT2D eigenvalue weighted by molar-refractivity contribution is 0.276. The van der Waals surface area contributed by atoms with Gasteiger partial charge in [0.1, 0.15) is 5.01 Å². The van der Waals surface area contributed by atoms with E-state index in [1.807, 2.05) is 13.8 Å². The quantitative estimate of drug-likeness (QED) is 0.900. The first kappa shape index (κ1) is 13.0. The van der Waals surface area contributed by atoms with Gasteiger partial charge in [-0.1, -0.05) is 12.8 Å². The van der Waals surface area contributed by atoms with Gasteiger partial charge >= 0.3 is 0 Å². The van der Waals surface area contributed by atoms with E-state index in [-0.39, 0.29) is 5.54 Å². The van der Waals surface area contributed by atoms with Gasteiger partial charge in [0, 0.05) is 5.38 Å². The van der Waals surface area contributed by atoms with Gasteiger partial charge in [-0.15, -0.1) is 11.3 Å². The number of thiazole rings is 1. The number of likely N-dealkylation sites (tertiary alicyclic amines) is 1. The second kappa shape index (κ2) is 5.46. The molecule has 1 fully saturated rings. The van der Waals surface area contributed by atoms with Crippen LogP contribution in [0.15, 0.2) is 5.38 Å². The van der Waals surface area contributed by atoms with E-state index >= 15 is 0 Å². The van der Waals surface area contributed by atoms with Crippen LogP contribution < -0.4 is 5.73 Å². The molecule has 0 aromatic carbocycles. The van der Waals surface area contributed by atoms with Crippen molar-refractivity contribution in [3.05, 3.63) is 16.1 Å². The van der Waals surface area contributed by atoms with Crippen molar-refractivity contribution in [2.24, 2.45) is 5.73 Å². The molecule has 4 heteroatoms. The summed E-state index contributed by atoms with van der Waals surface area (Å²) < 4.78 is 0. The Hall–Kier alpha value is -0.450. The third-order valence-electron chi connectivity index (χ3n) is 3.27. The predicted molar refractivity (Wildman–Crippen MR) is 73.1 cm³/mol. The van der Waals surface area contributed by atoms with Crippen LogP contribution >= 0.6 is 11.3 Å². The maximum atomic E-state index is 6.06. The summed E-state index contributed by atoms with van der Waals surface area (Å²) in [6.45, 7) is 7.47. The summed E-state index contributed by atoms with van der Waals surface area (Å²) in [5, 5.41) is 3.31. The Kier molecular flexibility index (Phi) is 4.17. The lowest BCUT2D eigenvalue weighted by atomic mass is 10.0. The molecular weight excluding hydrogens is 230 g/mol. The van der Waals surface area contributed by atoms with Crippen LogP contribution in [-0.2, 0) is 12.1 Å². The maximum Gasteiger partial charge on any atom is 0.107 e. The van der Waals surface area contributed by atoms with E-state index in [0.717, 1.165) is 12.2 Å². The van der Waals surface area contributed by atoms with Crippen LogP contribution in [0.3, 0.4) is 0 Å². The van der Waals surface area contributed by atoms with E-state index in [4.69, 9.17) is 5.73 Å². The van der Waals surface area contributed by atoms with Crippen LogP contribution in [0.2, 0.25) is 0 Å². The van der Waals surface area contributed by atoms with Crippen LogP contribution in [0, 0.1) is 0 Å². The Balaban J connectivity index is 1.96. The lowest BCUT2D eigenvalue weighted by Crippen LogP contribution is -2.29. The van der Waals surface area contributed by atoms with Crippen LogP contribution in [0.1, 0.15) is 50.2 Å². The molecule has 0 unspecified atom stereocenters. The summed E-state index contributed by atoms with van der Waals surface area (Å²) in [6.07, 6.45) is 5.44. The van der Waals surface area contributed by atoms with E-state index in [1.54, 1.807) is 11.3 Å². The van der Waals surface area contributed by atoms with Gasteiger partial charge in [-0.2, -0.15) is 0 Å². The smallest absolute Gasteiger partial charge is 0.107 e. The number of rotatable bonds is 3. The predicted octanol–water partition coefficient (Wildman–Crippen LogP) is 2.71. The largest absolute Gasteiger partial charge is 0.321 e. The second-order valence-electron chi connectivity index (χ2n) is 5.54. The topological polar surface area (TPSA) is 42.1 Å². The summed E-state index contributed by atoms with van der Waals surface area (Å²) >= 11 is 1.74. The normalized spacial score (nSPS) is 19.2. The molecule has 0 amide bonds. The highest BCUT2D eigenvalue weighted by atomic mass is 32.1. The van der Waals surface area contributed by atoms with Gasteiger partial charge in [-0.05, 0) is 39.8 Å². The molecule has 3 nitrogen and oxygen atoms in total. The summed E-state index contributed by atoms with van der Waals surface area (Å²) in [6, 6.07) is 0. The first-order chi connectivity index (χ1) is 8.05. The zero-order valence-electron chi connectivity index (χ0n) is 10.9. The average molecular weight is 253 g/mol. The third kappa shape index (κ3) is 3.76.